The Labute approximate surface area is 135 Å². The summed E-state index contributed by atoms with van der Waals surface area (Å²) in [6.07, 6.45) is 1.88. The molecule has 0 aliphatic heterocycles. The van der Waals surface area contributed by atoms with Crippen LogP contribution in [0.2, 0.25) is 0 Å². The Morgan fingerprint density at radius 1 is 1.48 bits per heavy atom. The molecule has 1 unspecified atom stereocenters. The van der Waals surface area contributed by atoms with E-state index < -0.39 is 0 Å². The predicted molar refractivity (Wildman–Crippen MR) is 83.6 cm³/mol. The summed E-state index contributed by atoms with van der Waals surface area (Å²) in [4.78, 5) is 20.5. The van der Waals surface area contributed by atoms with E-state index in [2.05, 4.69) is 25.5 Å². The molecule has 0 bridgehead atoms. The lowest BCUT2D eigenvalue weighted by atomic mass is 10.1. The predicted octanol–water partition coefficient (Wildman–Crippen LogP) is 2.48. The largest absolute Gasteiger partial charge is 0.341 e. The molecule has 8 heteroatoms. The number of aromatic amines is 1. The minimum Gasteiger partial charge on any atom is -0.341 e. The molecule has 6 nitrogen and oxygen atoms in total. The number of hydrogen-bond acceptors (Lipinski definition) is 5. The van der Waals surface area contributed by atoms with Gasteiger partial charge in [0.15, 0.2) is 0 Å². The van der Waals surface area contributed by atoms with E-state index in [4.69, 9.17) is 0 Å². The highest BCUT2D eigenvalue weighted by molar-refractivity contribution is 7.09. The Morgan fingerprint density at radius 3 is 3.09 bits per heavy atom. The molecule has 3 aromatic rings. The van der Waals surface area contributed by atoms with Crippen LogP contribution in [0.3, 0.4) is 0 Å². The van der Waals surface area contributed by atoms with Crippen LogP contribution in [0, 0.1) is 5.82 Å². The highest BCUT2D eigenvalue weighted by Crippen LogP contribution is 2.16. The third-order valence-electron chi connectivity index (χ3n) is 3.22. The molecule has 23 heavy (non-hydrogen) atoms. The molecule has 2 heterocycles. The van der Waals surface area contributed by atoms with Crippen LogP contribution in [0.1, 0.15) is 39.8 Å². The van der Waals surface area contributed by atoms with Crippen molar-refractivity contribution in [2.45, 2.75) is 19.4 Å². The fraction of sp³-hybridized carbons (Fsp3) is 0.200. The second-order valence-corrected chi connectivity index (χ2v) is 5.94. The number of nitrogens with zero attached hydrogens (tertiary/aromatic N) is 3. The molecule has 3 rings (SSSR count). The van der Waals surface area contributed by atoms with Crippen LogP contribution >= 0.6 is 11.3 Å². The first-order chi connectivity index (χ1) is 11.1. The molecule has 0 spiro atoms. The van der Waals surface area contributed by atoms with Crippen LogP contribution in [0.15, 0.2) is 36.0 Å². The zero-order chi connectivity index (χ0) is 16.2. The second-order valence-electron chi connectivity index (χ2n) is 5.00. The highest BCUT2D eigenvalue weighted by atomic mass is 32.1. The fourth-order valence-corrected chi connectivity index (χ4v) is 2.89. The van der Waals surface area contributed by atoms with Crippen LogP contribution in [0.5, 0.6) is 0 Å². The van der Waals surface area contributed by atoms with Crippen molar-refractivity contribution in [3.8, 4) is 0 Å². The van der Waals surface area contributed by atoms with Gasteiger partial charge in [-0.05, 0) is 24.6 Å². The normalized spacial score (nSPS) is 12.1. The summed E-state index contributed by atoms with van der Waals surface area (Å²) < 4.78 is 13.2. The van der Waals surface area contributed by atoms with Gasteiger partial charge in [0.1, 0.15) is 23.7 Å². The summed E-state index contributed by atoms with van der Waals surface area (Å²) in [5, 5.41) is 11.7. The SMILES string of the molecule is CC(NC(=O)c1csc(Cc2cccc(F)c2)n1)c1ncn[nH]1. The Hall–Kier alpha value is -2.61. The molecule has 2 N–H and O–H groups in total. The summed E-state index contributed by atoms with van der Waals surface area (Å²) >= 11 is 1.37. The summed E-state index contributed by atoms with van der Waals surface area (Å²) in [5.74, 6) is 0.0158. The van der Waals surface area contributed by atoms with Crippen molar-refractivity contribution in [2.24, 2.45) is 0 Å². The monoisotopic (exact) mass is 331 g/mol. The summed E-state index contributed by atoms with van der Waals surface area (Å²) in [5.41, 5.74) is 1.16. The maximum Gasteiger partial charge on any atom is 0.271 e. The van der Waals surface area contributed by atoms with Crippen molar-refractivity contribution >= 4 is 17.2 Å². The van der Waals surface area contributed by atoms with E-state index in [1.807, 2.05) is 6.07 Å². The van der Waals surface area contributed by atoms with E-state index in [-0.39, 0.29) is 17.8 Å². The lowest BCUT2D eigenvalue weighted by Crippen LogP contribution is -2.27. The number of H-pyrrole nitrogens is 1. The molecule has 2 aromatic heterocycles. The van der Waals surface area contributed by atoms with Gasteiger partial charge in [0.25, 0.3) is 5.91 Å². The Morgan fingerprint density at radius 2 is 2.35 bits per heavy atom. The van der Waals surface area contributed by atoms with Crippen LogP contribution in [0.25, 0.3) is 0 Å². The summed E-state index contributed by atoms with van der Waals surface area (Å²) in [6.45, 7) is 1.80. The lowest BCUT2D eigenvalue weighted by Gasteiger charge is -2.09. The molecule has 1 amide bonds. The van der Waals surface area contributed by atoms with Gasteiger partial charge < -0.3 is 5.32 Å². The Bertz CT molecular complexity index is 802. The number of hydrogen-bond donors (Lipinski definition) is 2. The van der Waals surface area contributed by atoms with Gasteiger partial charge >= 0.3 is 0 Å². The van der Waals surface area contributed by atoms with E-state index in [9.17, 15) is 9.18 Å². The molecule has 1 atom stereocenters. The third kappa shape index (κ3) is 3.78. The first-order valence-electron chi connectivity index (χ1n) is 6.97. The van der Waals surface area contributed by atoms with Gasteiger partial charge in [-0.1, -0.05) is 12.1 Å². The molecule has 1 aromatic carbocycles. The summed E-state index contributed by atoms with van der Waals surface area (Å²) in [6, 6.07) is 6.06. The molecular formula is C15H14FN5OS. The van der Waals surface area contributed by atoms with Crippen LogP contribution in [0.4, 0.5) is 4.39 Å². The van der Waals surface area contributed by atoms with Crippen molar-refractivity contribution in [1.82, 2.24) is 25.5 Å². The van der Waals surface area contributed by atoms with Gasteiger partial charge in [-0.2, -0.15) is 5.10 Å². The van der Waals surface area contributed by atoms with Crippen molar-refractivity contribution in [2.75, 3.05) is 0 Å². The minimum absolute atomic E-state index is 0.280. The fourth-order valence-electron chi connectivity index (χ4n) is 2.08. The molecule has 118 valence electrons. The zero-order valence-electron chi connectivity index (χ0n) is 12.3. The molecule has 0 aliphatic rings. The van der Waals surface area contributed by atoms with Crippen molar-refractivity contribution < 1.29 is 9.18 Å². The number of aromatic nitrogens is 4. The Kier molecular flexibility index (Phi) is 4.42. The zero-order valence-corrected chi connectivity index (χ0v) is 13.1. The van der Waals surface area contributed by atoms with Crippen molar-refractivity contribution in [3.05, 3.63) is 63.9 Å². The standard InChI is InChI=1S/C15H14FN5OS/c1-9(14-17-8-18-21-14)19-15(22)12-7-23-13(20-12)6-10-3-2-4-11(16)5-10/h2-5,7-9H,6H2,1H3,(H,19,22)(H,17,18,21). The number of carbonyl (C=O) groups is 1. The lowest BCUT2D eigenvalue weighted by molar-refractivity contribution is 0.0934. The second kappa shape index (κ2) is 6.66. The van der Waals surface area contributed by atoms with E-state index in [1.54, 1.807) is 18.4 Å². The Balaban J connectivity index is 1.65. The molecule has 0 aliphatic carbocycles. The number of halogens is 1. The summed E-state index contributed by atoms with van der Waals surface area (Å²) in [7, 11) is 0. The first-order valence-corrected chi connectivity index (χ1v) is 7.85. The van der Waals surface area contributed by atoms with Gasteiger partial charge in [-0.25, -0.2) is 14.4 Å². The number of nitrogens with one attached hydrogen (secondary N) is 2. The number of rotatable bonds is 5. The van der Waals surface area contributed by atoms with Gasteiger partial charge in [0.05, 0.1) is 11.0 Å². The first kappa shape index (κ1) is 15.3. The van der Waals surface area contributed by atoms with Crippen molar-refractivity contribution in [1.29, 1.82) is 0 Å². The average Bonchev–Trinajstić information content (AvgIpc) is 3.18. The minimum atomic E-state index is -0.293. The quantitative estimate of drug-likeness (QED) is 0.752. The molecule has 0 saturated carbocycles. The number of thiazole rings is 1. The van der Waals surface area contributed by atoms with E-state index in [0.29, 0.717) is 17.9 Å². The molecule has 0 radical (unpaired) electrons. The molecule has 0 fully saturated rings. The topological polar surface area (TPSA) is 83.6 Å². The molecule has 0 saturated heterocycles. The number of amides is 1. The highest BCUT2D eigenvalue weighted by Gasteiger charge is 2.16. The van der Waals surface area contributed by atoms with E-state index >= 15 is 0 Å². The molecular weight excluding hydrogens is 317 g/mol. The number of carbonyl (C=O) groups excluding carboxylic acids is 1. The van der Waals surface area contributed by atoms with Crippen LogP contribution in [-0.2, 0) is 6.42 Å². The maximum atomic E-state index is 13.2. The van der Waals surface area contributed by atoms with Gasteiger partial charge in [-0.15, -0.1) is 11.3 Å². The van der Waals surface area contributed by atoms with Gasteiger partial charge in [-0.3, -0.25) is 9.89 Å². The third-order valence-corrected chi connectivity index (χ3v) is 4.07. The van der Waals surface area contributed by atoms with Crippen LogP contribution in [-0.4, -0.2) is 26.1 Å². The number of benzene rings is 1. The van der Waals surface area contributed by atoms with Gasteiger partial charge in [0, 0.05) is 11.8 Å². The average molecular weight is 331 g/mol. The van der Waals surface area contributed by atoms with Crippen molar-refractivity contribution in [3.63, 3.8) is 0 Å². The van der Waals surface area contributed by atoms with E-state index in [0.717, 1.165) is 10.6 Å². The maximum absolute atomic E-state index is 13.2. The van der Waals surface area contributed by atoms with Crippen LogP contribution < -0.4 is 5.32 Å². The van der Waals surface area contributed by atoms with Gasteiger partial charge in [0.2, 0.25) is 0 Å². The smallest absolute Gasteiger partial charge is 0.271 e. The van der Waals surface area contributed by atoms with E-state index in [1.165, 1.54) is 29.8 Å².